The fraction of sp³-hybridized carbons (Fsp3) is 1.00. The van der Waals surface area contributed by atoms with E-state index in [9.17, 15) is 0 Å². The van der Waals surface area contributed by atoms with Crippen LogP contribution in [0.15, 0.2) is 0 Å². The molecule has 92 valence electrons. The highest BCUT2D eigenvalue weighted by Crippen LogP contribution is 2.02. The van der Waals surface area contributed by atoms with Gasteiger partial charge < -0.3 is 14.7 Å². The van der Waals surface area contributed by atoms with Gasteiger partial charge in [-0.3, -0.25) is 0 Å². The van der Waals surface area contributed by atoms with Gasteiger partial charge >= 0.3 is 0 Å². The summed E-state index contributed by atoms with van der Waals surface area (Å²) >= 11 is 0. The number of unbranched alkanes of at least 4 members (excludes halogenated alkanes) is 1. The zero-order chi connectivity index (χ0) is 11.5. The molecule has 0 rings (SSSR count). The minimum atomic E-state index is -0.150. The summed E-state index contributed by atoms with van der Waals surface area (Å²) in [5.74, 6) is 0. The van der Waals surface area contributed by atoms with Crippen LogP contribution in [0.4, 0.5) is 0 Å². The Kier molecular flexibility index (Phi) is 10.3. The van der Waals surface area contributed by atoms with Gasteiger partial charge in [-0.2, -0.15) is 0 Å². The molecule has 0 aliphatic carbocycles. The molecule has 0 radical (unpaired) electrons. The van der Waals surface area contributed by atoms with Crippen LogP contribution >= 0.6 is 0 Å². The summed E-state index contributed by atoms with van der Waals surface area (Å²) in [7, 11) is 0. The van der Waals surface area contributed by atoms with Crippen molar-refractivity contribution in [2.45, 2.75) is 46.1 Å². The first-order chi connectivity index (χ1) is 7.20. The number of aliphatic hydroxyl groups excluding tert-OH is 1. The Morgan fingerprint density at radius 2 is 1.93 bits per heavy atom. The molecule has 0 aliphatic rings. The monoisotopic (exact) mass is 217 g/mol. The van der Waals surface area contributed by atoms with Gasteiger partial charge in [0.2, 0.25) is 0 Å². The Morgan fingerprint density at radius 3 is 2.47 bits per heavy atom. The molecule has 1 N–H and O–H groups in total. The van der Waals surface area contributed by atoms with Crippen LogP contribution in [0, 0.1) is 0 Å². The summed E-state index contributed by atoms with van der Waals surface area (Å²) in [6, 6.07) is 0. The largest absolute Gasteiger partial charge is 0.393 e. The molecule has 3 nitrogen and oxygen atoms in total. The highest BCUT2D eigenvalue weighted by molar-refractivity contribution is 4.56. The molecule has 0 aromatic heterocycles. The molecule has 15 heavy (non-hydrogen) atoms. The smallest absolute Gasteiger partial charge is 0.0593 e. The third-order valence-electron chi connectivity index (χ3n) is 2.55. The Balaban J connectivity index is 3.35. The van der Waals surface area contributed by atoms with E-state index < -0.39 is 0 Å². The van der Waals surface area contributed by atoms with Gasteiger partial charge in [-0.05, 0) is 46.2 Å². The SMILES string of the molecule is CCOCCN(CC)CCCCC(C)O. The first-order valence-electron chi connectivity index (χ1n) is 6.18. The maximum absolute atomic E-state index is 9.11. The molecule has 0 spiro atoms. The second-order valence-corrected chi connectivity index (χ2v) is 3.98. The highest BCUT2D eigenvalue weighted by Gasteiger charge is 2.02. The Morgan fingerprint density at radius 1 is 1.20 bits per heavy atom. The topological polar surface area (TPSA) is 32.7 Å². The summed E-state index contributed by atoms with van der Waals surface area (Å²) < 4.78 is 5.33. The van der Waals surface area contributed by atoms with Crippen molar-refractivity contribution in [2.75, 3.05) is 32.8 Å². The molecule has 0 heterocycles. The van der Waals surface area contributed by atoms with E-state index in [-0.39, 0.29) is 6.10 Å². The maximum atomic E-state index is 9.11. The standard InChI is InChI=1S/C12H27NO2/c1-4-13(10-11-15-5-2)9-7-6-8-12(3)14/h12,14H,4-11H2,1-3H3. The van der Waals surface area contributed by atoms with Crippen molar-refractivity contribution in [1.29, 1.82) is 0 Å². The predicted molar refractivity (Wildman–Crippen MR) is 64.1 cm³/mol. The molecule has 0 amide bonds. The van der Waals surface area contributed by atoms with Crippen LogP contribution < -0.4 is 0 Å². The Hall–Kier alpha value is -0.120. The van der Waals surface area contributed by atoms with Gasteiger partial charge in [0.1, 0.15) is 0 Å². The molecule has 1 atom stereocenters. The maximum Gasteiger partial charge on any atom is 0.0593 e. The normalized spacial score (nSPS) is 13.4. The van der Waals surface area contributed by atoms with Crippen LogP contribution in [0.25, 0.3) is 0 Å². The number of aliphatic hydroxyl groups is 1. The number of hydrogen-bond donors (Lipinski definition) is 1. The second-order valence-electron chi connectivity index (χ2n) is 3.98. The summed E-state index contributed by atoms with van der Waals surface area (Å²) in [5, 5.41) is 9.11. The molecule has 0 saturated carbocycles. The Bertz CT molecular complexity index is 129. The van der Waals surface area contributed by atoms with E-state index in [1.165, 1.54) is 6.42 Å². The molecule has 0 bridgehead atoms. The van der Waals surface area contributed by atoms with Crippen molar-refractivity contribution in [3.05, 3.63) is 0 Å². The summed E-state index contributed by atoms with van der Waals surface area (Å²) in [6.07, 6.45) is 3.06. The van der Waals surface area contributed by atoms with Gasteiger partial charge in [0.25, 0.3) is 0 Å². The van der Waals surface area contributed by atoms with E-state index in [2.05, 4.69) is 11.8 Å². The summed E-state index contributed by atoms with van der Waals surface area (Å²) in [4.78, 5) is 2.40. The molecule has 0 saturated heterocycles. The lowest BCUT2D eigenvalue weighted by molar-refractivity contribution is 0.113. The minimum absolute atomic E-state index is 0.150. The van der Waals surface area contributed by atoms with Crippen molar-refractivity contribution >= 4 is 0 Å². The van der Waals surface area contributed by atoms with Crippen LogP contribution in [-0.4, -0.2) is 49.0 Å². The quantitative estimate of drug-likeness (QED) is 0.567. The third kappa shape index (κ3) is 10.2. The fourth-order valence-electron chi connectivity index (χ4n) is 1.54. The van der Waals surface area contributed by atoms with Crippen LogP contribution in [0.1, 0.15) is 40.0 Å². The lowest BCUT2D eigenvalue weighted by Crippen LogP contribution is -2.28. The van der Waals surface area contributed by atoms with Crippen LogP contribution in [-0.2, 0) is 4.74 Å². The molecular weight excluding hydrogens is 190 g/mol. The van der Waals surface area contributed by atoms with E-state index >= 15 is 0 Å². The number of hydrogen-bond acceptors (Lipinski definition) is 3. The van der Waals surface area contributed by atoms with Crippen LogP contribution in [0.3, 0.4) is 0 Å². The van der Waals surface area contributed by atoms with Crippen molar-refractivity contribution < 1.29 is 9.84 Å². The summed E-state index contributed by atoms with van der Waals surface area (Å²) in [5.41, 5.74) is 0. The van der Waals surface area contributed by atoms with E-state index in [1.807, 2.05) is 13.8 Å². The van der Waals surface area contributed by atoms with Gasteiger partial charge in [-0.1, -0.05) is 6.92 Å². The first-order valence-corrected chi connectivity index (χ1v) is 6.18. The average molecular weight is 217 g/mol. The van der Waals surface area contributed by atoms with Gasteiger partial charge in [-0.25, -0.2) is 0 Å². The molecule has 1 unspecified atom stereocenters. The lowest BCUT2D eigenvalue weighted by atomic mass is 10.1. The number of rotatable bonds is 10. The molecule has 0 aromatic carbocycles. The van der Waals surface area contributed by atoms with E-state index in [0.29, 0.717) is 0 Å². The number of likely N-dealkylation sites (N-methyl/N-ethyl adjacent to an activating group) is 1. The van der Waals surface area contributed by atoms with Crippen molar-refractivity contribution in [3.8, 4) is 0 Å². The minimum Gasteiger partial charge on any atom is -0.393 e. The molecule has 0 aromatic rings. The van der Waals surface area contributed by atoms with Gasteiger partial charge in [0.05, 0.1) is 12.7 Å². The van der Waals surface area contributed by atoms with Crippen LogP contribution in [0.5, 0.6) is 0 Å². The fourth-order valence-corrected chi connectivity index (χ4v) is 1.54. The lowest BCUT2D eigenvalue weighted by Gasteiger charge is -2.20. The summed E-state index contributed by atoms with van der Waals surface area (Å²) in [6.45, 7) is 10.9. The molecule has 0 aliphatic heterocycles. The molecule has 0 fully saturated rings. The van der Waals surface area contributed by atoms with Crippen molar-refractivity contribution in [2.24, 2.45) is 0 Å². The van der Waals surface area contributed by atoms with E-state index in [4.69, 9.17) is 9.84 Å². The van der Waals surface area contributed by atoms with Gasteiger partial charge in [0, 0.05) is 13.2 Å². The molecular formula is C12H27NO2. The van der Waals surface area contributed by atoms with Crippen molar-refractivity contribution in [3.63, 3.8) is 0 Å². The predicted octanol–water partition coefficient (Wildman–Crippen LogP) is 1.90. The molecule has 3 heteroatoms. The second kappa shape index (κ2) is 10.4. The highest BCUT2D eigenvalue weighted by atomic mass is 16.5. The average Bonchev–Trinajstić information content (AvgIpc) is 2.21. The third-order valence-corrected chi connectivity index (χ3v) is 2.55. The number of nitrogens with zero attached hydrogens (tertiary/aromatic N) is 1. The Labute approximate surface area is 94.4 Å². The van der Waals surface area contributed by atoms with Crippen LogP contribution in [0.2, 0.25) is 0 Å². The first kappa shape index (κ1) is 14.9. The van der Waals surface area contributed by atoms with Gasteiger partial charge in [0.15, 0.2) is 0 Å². The zero-order valence-electron chi connectivity index (χ0n) is 10.5. The van der Waals surface area contributed by atoms with E-state index in [1.54, 1.807) is 0 Å². The number of ether oxygens (including phenoxy) is 1. The van der Waals surface area contributed by atoms with E-state index in [0.717, 1.165) is 45.7 Å². The van der Waals surface area contributed by atoms with Crippen molar-refractivity contribution in [1.82, 2.24) is 4.90 Å². The van der Waals surface area contributed by atoms with Gasteiger partial charge in [-0.15, -0.1) is 0 Å². The zero-order valence-corrected chi connectivity index (χ0v) is 10.5.